The van der Waals surface area contributed by atoms with Gasteiger partial charge in [-0.05, 0) is 23.0 Å². The lowest BCUT2D eigenvalue weighted by Gasteiger charge is -2.40. The molecule has 1 atom stereocenters. The highest BCUT2D eigenvalue weighted by molar-refractivity contribution is 5.85. The van der Waals surface area contributed by atoms with Crippen LogP contribution in [0.5, 0.6) is 0 Å². The van der Waals surface area contributed by atoms with Crippen molar-refractivity contribution in [2.45, 2.75) is 32.0 Å². The minimum atomic E-state index is -4.43. The number of halogens is 4. The summed E-state index contributed by atoms with van der Waals surface area (Å²) >= 11 is 0. The summed E-state index contributed by atoms with van der Waals surface area (Å²) in [5.41, 5.74) is 3.37. The predicted octanol–water partition coefficient (Wildman–Crippen LogP) is 3.41. The third kappa shape index (κ3) is 1.74. The van der Waals surface area contributed by atoms with Gasteiger partial charge in [0, 0.05) is 0 Å². The Kier molecular flexibility index (Phi) is 3.27. The van der Waals surface area contributed by atoms with Gasteiger partial charge < -0.3 is 5.73 Å². The summed E-state index contributed by atoms with van der Waals surface area (Å²) in [5, 5.41) is 0. The third-order valence-electron chi connectivity index (χ3n) is 3.59. The highest BCUT2D eigenvalue weighted by Gasteiger charge is 2.65. The van der Waals surface area contributed by atoms with E-state index in [1.807, 2.05) is 0 Å². The van der Waals surface area contributed by atoms with Crippen LogP contribution in [0.1, 0.15) is 25.0 Å². The summed E-state index contributed by atoms with van der Waals surface area (Å²) in [7, 11) is 0. The largest absolute Gasteiger partial charge is 0.411 e. The van der Waals surface area contributed by atoms with Crippen LogP contribution in [0.3, 0.4) is 0 Å². The van der Waals surface area contributed by atoms with E-state index in [4.69, 9.17) is 5.73 Å². The van der Waals surface area contributed by atoms with E-state index in [0.717, 1.165) is 0 Å². The second kappa shape index (κ2) is 3.89. The Morgan fingerprint density at radius 3 is 2.24 bits per heavy atom. The molecular weight excluding hydrogens is 251 g/mol. The zero-order valence-electron chi connectivity index (χ0n) is 9.64. The number of nitrogens with two attached hydrogens (primary N) is 1. The number of alkyl halides is 3. The van der Waals surface area contributed by atoms with Gasteiger partial charge in [-0.25, -0.2) is 0 Å². The molecule has 1 nitrogen and oxygen atoms in total. The van der Waals surface area contributed by atoms with Gasteiger partial charge in [-0.2, -0.15) is 13.2 Å². The topological polar surface area (TPSA) is 26.0 Å². The average molecular weight is 266 g/mol. The summed E-state index contributed by atoms with van der Waals surface area (Å²) in [5.74, 6) is 0. The molecule has 5 heteroatoms. The van der Waals surface area contributed by atoms with Crippen LogP contribution in [-0.2, 0) is 12.0 Å². The van der Waals surface area contributed by atoms with E-state index in [1.165, 1.54) is 6.07 Å². The van der Waals surface area contributed by atoms with Crippen molar-refractivity contribution in [3.05, 3.63) is 35.4 Å². The summed E-state index contributed by atoms with van der Waals surface area (Å²) in [6.07, 6.45) is -4.07. The van der Waals surface area contributed by atoms with E-state index < -0.39 is 17.1 Å². The third-order valence-corrected chi connectivity index (χ3v) is 3.59. The predicted molar refractivity (Wildman–Crippen MR) is 63.1 cm³/mol. The van der Waals surface area contributed by atoms with E-state index in [-0.39, 0.29) is 18.0 Å². The fourth-order valence-electron chi connectivity index (χ4n) is 2.58. The van der Waals surface area contributed by atoms with E-state index in [0.29, 0.717) is 12.0 Å². The number of benzene rings is 1. The van der Waals surface area contributed by atoms with Gasteiger partial charge >= 0.3 is 6.18 Å². The van der Waals surface area contributed by atoms with Crippen molar-refractivity contribution in [1.82, 2.24) is 0 Å². The molecule has 0 heterocycles. The molecule has 0 bridgehead atoms. The maximum absolute atomic E-state index is 13.2. The van der Waals surface area contributed by atoms with Crippen LogP contribution < -0.4 is 5.73 Å². The van der Waals surface area contributed by atoms with Crippen LogP contribution in [0.4, 0.5) is 13.2 Å². The Morgan fingerprint density at radius 1 is 1.18 bits per heavy atom. The van der Waals surface area contributed by atoms with Gasteiger partial charge in [0.1, 0.15) is 5.54 Å². The van der Waals surface area contributed by atoms with Gasteiger partial charge in [-0.3, -0.25) is 0 Å². The molecule has 0 saturated carbocycles. The molecule has 1 unspecified atom stereocenters. The summed E-state index contributed by atoms with van der Waals surface area (Å²) in [6, 6.07) is 6.56. The summed E-state index contributed by atoms with van der Waals surface area (Å²) < 4.78 is 39.6. The van der Waals surface area contributed by atoms with E-state index in [1.54, 1.807) is 32.0 Å². The zero-order valence-corrected chi connectivity index (χ0v) is 10.5. The molecule has 0 radical (unpaired) electrons. The second-order valence-corrected chi connectivity index (χ2v) is 5.02. The maximum atomic E-state index is 13.2. The van der Waals surface area contributed by atoms with E-state index in [9.17, 15) is 13.2 Å². The van der Waals surface area contributed by atoms with Crippen LogP contribution in [0.15, 0.2) is 24.3 Å². The van der Waals surface area contributed by atoms with E-state index in [2.05, 4.69) is 0 Å². The molecule has 0 aliphatic heterocycles. The molecule has 96 valence electrons. The molecule has 1 aliphatic carbocycles. The van der Waals surface area contributed by atoms with Crippen molar-refractivity contribution >= 4 is 12.4 Å². The first-order chi connectivity index (χ1) is 7.20. The van der Waals surface area contributed by atoms with Crippen molar-refractivity contribution < 1.29 is 13.2 Å². The second-order valence-electron chi connectivity index (χ2n) is 5.02. The normalized spacial score (nSPS) is 26.2. The minimum absolute atomic E-state index is 0. The molecule has 2 N–H and O–H groups in total. The molecule has 0 fully saturated rings. The Hall–Kier alpha value is -0.740. The van der Waals surface area contributed by atoms with Crippen molar-refractivity contribution in [2.24, 2.45) is 11.1 Å². The molecule has 0 aromatic heterocycles. The fourth-order valence-corrected chi connectivity index (χ4v) is 2.58. The highest BCUT2D eigenvalue weighted by Crippen LogP contribution is 2.55. The molecule has 2 rings (SSSR count). The van der Waals surface area contributed by atoms with Crippen LogP contribution in [-0.4, -0.2) is 6.18 Å². The SMILES string of the molecule is CC1(C)Cc2ccccc2C1(N)C(F)(F)F.Cl. The fraction of sp³-hybridized carbons (Fsp3) is 0.500. The number of fused-ring (bicyclic) bond motifs is 1. The van der Waals surface area contributed by atoms with Gasteiger partial charge in [0.25, 0.3) is 0 Å². The number of hydrogen-bond donors (Lipinski definition) is 1. The Labute approximate surface area is 105 Å². The zero-order chi connectivity index (χ0) is 12.2. The van der Waals surface area contributed by atoms with Gasteiger partial charge in [0.05, 0.1) is 0 Å². The smallest absolute Gasteiger partial charge is 0.313 e. The maximum Gasteiger partial charge on any atom is 0.411 e. The molecule has 17 heavy (non-hydrogen) atoms. The standard InChI is InChI=1S/C12H14F3N.ClH/c1-10(2)7-8-5-3-4-6-9(8)11(10,16)12(13,14)15;/h3-6H,7,16H2,1-2H3;1H. The Bertz CT molecular complexity index is 428. The molecule has 0 spiro atoms. The summed E-state index contributed by atoms with van der Waals surface area (Å²) in [6.45, 7) is 3.14. The monoisotopic (exact) mass is 265 g/mol. The first-order valence-electron chi connectivity index (χ1n) is 5.14. The van der Waals surface area contributed by atoms with Crippen LogP contribution in [0.2, 0.25) is 0 Å². The van der Waals surface area contributed by atoms with Crippen molar-refractivity contribution in [1.29, 1.82) is 0 Å². The Morgan fingerprint density at radius 2 is 1.71 bits per heavy atom. The van der Waals surface area contributed by atoms with Gasteiger partial charge in [0.2, 0.25) is 0 Å². The first kappa shape index (κ1) is 14.3. The quantitative estimate of drug-likeness (QED) is 0.764. The molecule has 0 amide bonds. The molecule has 1 aromatic rings. The van der Waals surface area contributed by atoms with Crippen molar-refractivity contribution in [2.75, 3.05) is 0 Å². The minimum Gasteiger partial charge on any atom is -0.313 e. The van der Waals surface area contributed by atoms with Crippen LogP contribution in [0, 0.1) is 5.41 Å². The van der Waals surface area contributed by atoms with Crippen molar-refractivity contribution in [3.63, 3.8) is 0 Å². The number of rotatable bonds is 0. The molecule has 1 aliphatic rings. The van der Waals surface area contributed by atoms with E-state index >= 15 is 0 Å². The summed E-state index contributed by atoms with van der Waals surface area (Å²) in [4.78, 5) is 0. The van der Waals surface area contributed by atoms with Gasteiger partial charge in [-0.1, -0.05) is 38.1 Å². The lowest BCUT2D eigenvalue weighted by molar-refractivity contribution is -0.216. The van der Waals surface area contributed by atoms with Gasteiger partial charge in [0.15, 0.2) is 0 Å². The molecular formula is C12H15ClF3N. The highest BCUT2D eigenvalue weighted by atomic mass is 35.5. The van der Waals surface area contributed by atoms with Crippen LogP contribution >= 0.6 is 12.4 Å². The van der Waals surface area contributed by atoms with Crippen LogP contribution in [0.25, 0.3) is 0 Å². The van der Waals surface area contributed by atoms with Gasteiger partial charge in [-0.15, -0.1) is 12.4 Å². The lowest BCUT2D eigenvalue weighted by Crippen LogP contribution is -2.57. The number of hydrogen-bond acceptors (Lipinski definition) is 1. The molecule has 0 saturated heterocycles. The Balaban J connectivity index is 0.00000144. The van der Waals surface area contributed by atoms with Crippen molar-refractivity contribution in [3.8, 4) is 0 Å². The first-order valence-corrected chi connectivity index (χ1v) is 5.14. The molecule has 1 aromatic carbocycles. The average Bonchev–Trinajstić information content (AvgIpc) is 2.35. The lowest BCUT2D eigenvalue weighted by atomic mass is 9.73.